The van der Waals surface area contributed by atoms with Crippen molar-refractivity contribution in [2.75, 3.05) is 11.4 Å². The summed E-state index contributed by atoms with van der Waals surface area (Å²) >= 11 is 0. The van der Waals surface area contributed by atoms with Crippen molar-refractivity contribution in [3.05, 3.63) is 30.3 Å². The number of nitrogens with zero attached hydrogens (tertiary/aromatic N) is 1. The molecule has 0 saturated heterocycles. The number of hydrogen-bond acceptors (Lipinski definition) is 2. The summed E-state index contributed by atoms with van der Waals surface area (Å²) in [7, 11) is 0. The molecule has 0 amide bonds. The van der Waals surface area contributed by atoms with Gasteiger partial charge in [0.2, 0.25) is 0 Å². The monoisotopic (exact) mass is 277 g/mol. The van der Waals surface area contributed by atoms with Gasteiger partial charge < -0.3 is 10.0 Å². The van der Waals surface area contributed by atoms with E-state index >= 15 is 0 Å². The maximum Gasteiger partial charge on any atom is 0.303 e. The molecule has 0 spiro atoms. The summed E-state index contributed by atoms with van der Waals surface area (Å²) in [6, 6.07) is 10.7. The second-order valence-electron chi connectivity index (χ2n) is 5.85. The zero-order valence-electron chi connectivity index (χ0n) is 12.9. The highest BCUT2D eigenvalue weighted by atomic mass is 16.4. The number of hydrogen-bond donors (Lipinski definition) is 1. The molecule has 0 aromatic heterocycles. The minimum atomic E-state index is -0.715. The fourth-order valence-corrected chi connectivity index (χ4v) is 2.35. The first-order valence-electron chi connectivity index (χ1n) is 7.54. The van der Waals surface area contributed by atoms with Crippen LogP contribution in [0.2, 0.25) is 0 Å². The van der Waals surface area contributed by atoms with E-state index in [2.05, 4.69) is 37.8 Å². The highest BCUT2D eigenvalue weighted by Crippen LogP contribution is 2.21. The number of carboxylic acid groups (broad SMARTS) is 1. The van der Waals surface area contributed by atoms with Crippen LogP contribution < -0.4 is 4.90 Å². The van der Waals surface area contributed by atoms with E-state index < -0.39 is 5.97 Å². The molecule has 112 valence electrons. The van der Waals surface area contributed by atoms with Gasteiger partial charge in [-0.15, -0.1) is 0 Å². The van der Waals surface area contributed by atoms with Crippen molar-refractivity contribution in [1.29, 1.82) is 0 Å². The van der Waals surface area contributed by atoms with Crippen LogP contribution in [0.1, 0.15) is 46.5 Å². The van der Waals surface area contributed by atoms with Gasteiger partial charge in [-0.3, -0.25) is 4.79 Å². The lowest BCUT2D eigenvalue weighted by Gasteiger charge is -2.32. The van der Waals surface area contributed by atoms with E-state index in [9.17, 15) is 4.79 Å². The van der Waals surface area contributed by atoms with Crippen molar-refractivity contribution in [2.45, 2.75) is 52.5 Å². The molecule has 0 bridgehead atoms. The van der Waals surface area contributed by atoms with Crippen molar-refractivity contribution in [1.82, 2.24) is 0 Å². The molecule has 1 N–H and O–H groups in total. The molecule has 1 aromatic rings. The van der Waals surface area contributed by atoms with Gasteiger partial charge in [-0.2, -0.15) is 0 Å². The van der Waals surface area contributed by atoms with Gasteiger partial charge in [0.15, 0.2) is 0 Å². The lowest BCUT2D eigenvalue weighted by atomic mass is 10.0. The largest absolute Gasteiger partial charge is 0.481 e. The molecular weight excluding hydrogens is 250 g/mol. The normalized spacial score (nSPS) is 12.4. The molecule has 20 heavy (non-hydrogen) atoms. The van der Waals surface area contributed by atoms with Crippen LogP contribution >= 0.6 is 0 Å². The Morgan fingerprint density at radius 1 is 1.15 bits per heavy atom. The van der Waals surface area contributed by atoms with E-state index in [0.717, 1.165) is 13.0 Å². The van der Waals surface area contributed by atoms with Gasteiger partial charge in [-0.05, 0) is 44.2 Å². The first kappa shape index (κ1) is 16.5. The number of anilines is 1. The molecular formula is C17H27NO2. The van der Waals surface area contributed by atoms with Crippen molar-refractivity contribution in [2.24, 2.45) is 5.92 Å². The zero-order valence-corrected chi connectivity index (χ0v) is 12.9. The SMILES string of the molecule is CC(C)CCC(C)N(CCCC(=O)O)c1ccccc1. The molecule has 0 aliphatic heterocycles. The van der Waals surface area contributed by atoms with Crippen LogP contribution in [0.5, 0.6) is 0 Å². The first-order chi connectivity index (χ1) is 9.50. The van der Waals surface area contributed by atoms with E-state index in [-0.39, 0.29) is 6.42 Å². The third-order valence-corrected chi connectivity index (χ3v) is 3.57. The topological polar surface area (TPSA) is 40.5 Å². The fraction of sp³-hybridized carbons (Fsp3) is 0.588. The average Bonchev–Trinajstić information content (AvgIpc) is 2.41. The number of aliphatic carboxylic acids is 1. The van der Waals surface area contributed by atoms with E-state index in [0.29, 0.717) is 18.4 Å². The summed E-state index contributed by atoms with van der Waals surface area (Å²) in [4.78, 5) is 13.0. The number of carbonyl (C=O) groups is 1. The standard InChI is InChI=1S/C17H27NO2/c1-14(2)11-12-15(3)18(13-7-10-17(19)20)16-8-5-4-6-9-16/h4-6,8-9,14-15H,7,10-13H2,1-3H3,(H,19,20). The third kappa shape index (κ3) is 6.09. The predicted octanol–water partition coefficient (Wildman–Crippen LogP) is 4.18. The summed E-state index contributed by atoms with van der Waals surface area (Å²) in [6.45, 7) is 7.51. The molecule has 0 radical (unpaired) electrons. The van der Waals surface area contributed by atoms with Gasteiger partial charge in [-0.25, -0.2) is 0 Å². The summed E-state index contributed by atoms with van der Waals surface area (Å²) in [5.74, 6) is -0.0121. The number of benzene rings is 1. The van der Waals surface area contributed by atoms with E-state index in [1.165, 1.54) is 12.1 Å². The Balaban J connectivity index is 2.65. The van der Waals surface area contributed by atoms with Gasteiger partial charge in [0.1, 0.15) is 0 Å². The van der Waals surface area contributed by atoms with E-state index in [1.807, 2.05) is 18.2 Å². The third-order valence-electron chi connectivity index (χ3n) is 3.57. The lowest BCUT2D eigenvalue weighted by Crippen LogP contribution is -2.34. The molecule has 1 atom stereocenters. The lowest BCUT2D eigenvalue weighted by molar-refractivity contribution is -0.137. The number of para-hydroxylation sites is 1. The Bertz CT molecular complexity index is 389. The second kappa shape index (κ2) is 8.62. The van der Waals surface area contributed by atoms with Crippen molar-refractivity contribution in [3.8, 4) is 0 Å². The van der Waals surface area contributed by atoms with Crippen molar-refractivity contribution >= 4 is 11.7 Å². The van der Waals surface area contributed by atoms with Crippen LogP contribution in [0.15, 0.2) is 30.3 Å². The van der Waals surface area contributed by atoms with E-state index in [1.54, 1.807) is 0 Å². The molecule has 3 heteroatoms. The Morgan fingerprint density at radius 2 is 1.80 bits per heavy atom. The maximum absolute atomic E-state index is 10.7. The number of carboxylic acids is 1. The quantitative estimate of drug-likeness (QED) is 0.736. The maximum atomic E-state index is 10.7. The molecule has 1 unspecified atom stereocenters. The first-order valence-corrected chi connectivity index (χ1v) is 7.54. The van der Waals surface area contributed by atoms with Crippen LogP contribution in [0.25, 0.3) is 0 Å². The average molecular weight is 277 g/mol. The smallest absolute Gasteiger partial charge is 0.303 e. The highest BCUT2D eigenvalue weighted by Gasteiger charge is 2.15. The van der Waals surface area contributed by atoms with Gasteiger partial charge in [0, 0.05) is 24.7 Å². The van der Waals surface area contributed by atoms with Crippen LogP contribution in [0, 0.1) is 5.92 Å². The van der Waals surface area contributed by atoms with Gasteiger partial charge in [-0.1, -0.05) is 32.0 Å². The van der Waals surface area contributed by atoms with Crippen LogP contribution in [-0.4, -0.2) is 23.7 Å². The van der Waals surface area contributed by atoms with Crippen LogP contribution in [-0.2, 0) is 4.79 Å². The minimum absolute atomic E-state index is 0.236. The fourth-order valence-electron chi connectivity index (χ4n) is 2.35. The Labute approximate surface area is 122 Å². The minimum Gasteiger partial charge on any atom is -0.481 e. The molecule has 0 aliphatic rings. The molecule has 0 fully saturated rings. The summed E-state index contributed by atoms with van der Waals surface area (Å²) in [6.07, 6.45) is 3.26. The summed E-state index contributed by atoms with van der Waals surface area (Å²) in [5, 5.41) is 8.79. The van der Waals surface area contributed by atoms with Gasteiger partial charge >= 0.3 is 5.97 Å². The number of rotatable bonds is 9. The summed E-state index contributed by atoms with van der Waals surface area (Å²) < 4.78 is 0. The molecule has 1 rings (SSSR count). The van der Waals surface area contributed by atoms with Gasteiger partial charge in [0.05, 0.1) is 0 Å². The van der Waals surface area contributed by atoms with E-state index in [4.69, 9.17) is 5.11 Å². The Hall–Kier alpha value is -1.51. The molecule has 0 heterocycles. The second-order valence-corrected chi connectivity index (χ2v) is 5.85. The van der Waals surface area contributed by atoms with Crippen molar-refractivity contribution in [3.63, 3.8) is 0 Å². The van der Waals surface area contributed by atoms with Crippen molar-refractivity contribution < 1.29 is 9.90 Å². The highest BCUT2D eigenvalue weighted by molar-refractivity contribution is 5.66. The zero-order chi connectivity index (χ0) is 15.0. The summed E-state index contributed by atoms with van der Waals surface area (Å²) in [5.41, 5.74) is 1.19. The molecule has 3 nitrogen and oxygen atoms in total. The molecule has 0 saturated carbocycles. The Morgan fingerprint density at radius 3 is 2.35 bits per heavy atom. The molecule has 1 aromatic carbocycles. The van der Waals surface area contributed by atoms with Gasteiger partial charge in [0.25, 0.3) is 0 Å². The predicted molar refractivity (Wildman–Crippen MR) is 84.2 cm³/mol. The van der Waals surface area contributed by atoms with Crippen LogP contribution in [0.4, 0.5) is 5.69 Å². The Kier molecular flexibility index (Phi) is 7.13. The molecule has 0 aliphatic carbocycles. The van der Waals surface area contributed by atoms with Crippen LogP contribution in [0.3, 0.4) is 0 Å².